The number of carbonyl (C=O) groups is 4. The molecule has 2 fully saturated rings. The molecule has 1 aliphatic heterocycles. The first-order valence-corrected chi connectivity index (χ1v) is 21.8. The van der Waals surface area contributed by atoms with E-state index in [-0.39, 0.29) is 72.3 Å². The lowest BCUT2D eigenvalue weighted by atomic mass is 10.0. The van der Waals surface area contributed by atoms with E-state index in [2.05, 4.69) is 56.5 Å². The Morgan fingerprint density at radius 3 is 2.23 bits per heavy atom. The lowest BCUT2D eigenvalue weighted by molar-refractivity contribution is -0.122. The number of fused-ring (bicyclic) bond motifs is 1. The molecule has 5 N–H and O–H groups in total. The second kappa shape index (κ2) is 22.1. The quantitative estimate of drug-likeness (QED) is 0.0549. The van der Waals surface area contributed by atoms with Gasteiger partial charge in [-0.15, -0.1) is 10.2 Å². The molecular formula is C45H55N13O7. The predicted molar refractivity (Wildman–Crippen MR) is 246 cm³/mol. The van der Waals surface area contributed by atoms with Crippen LogP contribution in [-0.2, 0) is 19.1 Å². The number of nitrogens with zero attached hydrogens (tertiary/aromatic N) is 8. The molecule has 1 aromatic carbocycles. The molecule has 4 aromatic heterocycles. The fourth-order valence-electron chi connectivity index (χ4n) is 7.96. The van der Waals surface area contributed by atoms with Gasteiger partial charge < -0.3 is 41.0 Å². The molecule has 5 aromatic rings. The molecule has 1 saturated carbocycles. The molecule has 65 heavy (non-hydrogen) atoms. The van der Waals surface area contributed by atoms with E-state index in [1.165, 1.54) is 6.92 Å². The van der Waals surface area contributed by atoms with Crippen molar-refractivity contribution in [2.75, 3.05) is 98.9 Å². The van der Waals surface area contributed by atoms with Gasteiger partial charge in [-0.05, 0) is 68.7 Å². The molecule has 0 unspecified atom stereocenters. The molecule has 20 heteroatoms. The van der Waals surface area contributed by atoms with Crippen molar-refractivity contribution in [3.05, 3.63) is 88.0 Å². The minimum Gasteiger partial charge on any atom is -0.379 e. The molecule has 0 atom stereocenters. The van der Waals surface area contributed by atoms with E-state index in [9.17, 15) is 24.0 Å². The summed E-state index contributed by atoms with van der Waals surface area (Å²) in [4.78, 5) is 82.3. The fraction of sp³-hybridized carbons (Fsp3) is 0.422. The van der Waals surface area contributed by atoms with E-state index < -0.39 is 5.91 Å². The van der Waals surface area contributed by atoms with Crippen LogP contribution in [-0.4, -0.2) is 131 Å². The lowest BCUT2D eigenvalue weighted by Crippen LogP contribution is -2.49. The summed E-state index contributed by atoms with van der Waals surface area (Å²) < 4.78 is 12.8. The lowest BCUT2D eigenvalue weighted by Gasteiger charge is -2.35. The molecule has 0 radical (unpaired) electrons. The number of para-hydroxylation sites is 1. The molecule has 3 amide bonds. The summed E-state index contributed by atoms with van der Waals surface area (Å²) in [6.07, 6.45) is 7.33. The molecule has 20 nitrogen and oxygen atoms in total. The summed E-state index contributed by atoms with van der Waals surface area (Å²) in [5, 5.41) is 23.0. The van der Waals surface area contributed by atoms with E-state index in [1.807, 2.05) is 12.1 Å². The van der Waals surface area contributed by atoms with E-state index >= 15 is 0 Å². The fourth-order valence-corrected chi connectivity index (χ4v) is 7.96. The maximum atomic E-state index is 13.6. The monoisotopic (exact) mass is 889 g/mol. The van der Waals surface area contributed by atoms with E-state index in [0.717, 1.165) is 44.5 Å². The average molecular weight is 890 g/mol. The van der Waals surface area contributed by atoms with Gasteiger partial charge in [-0.1, -0.05) is 25.0 Å². The van der Waals surface area contributed by atoms with Crippen LogP contribution in [0.5, 0.6) is 0 Å². The number of carbonyl (C=O) groups excluding carboxylic acids is 4. The summed E-state index contributed by atoms with van der Waals surface area (Å²) in [6.45, 7) is 7.79. The van der Waals surface area contributed by atoms with Gasteiger partial charge in [-0.25, -0.2) is 9.97 Å². The Morgan fingerprint density at radius 2 is 1.52 bits per heavy atom. The zero-order chi connectivity index (χ0) is 45.7. The first-order chi connectivity index (χ1) is 31.6. The number of amides is 3. The number of anilines is 6. The molecule has 1 saturated heterocycles. The van der Waals surface area contributed by atoms with Crippen LogP contribution in [0.4, 0.5) is 34.8 Å². The molecule has 7 rings (SSSR count). The number of Topliss-reactive ketones (excluding diaryl/α,β-unsaturated/α-hetero) is 1. The summed E-state index contributed by atoms with van der Waals surface area (Å²) in [6, 6.07) is 13.8. The highest BCUT2D eigenvalue weighted by molar-refractivity contribution is 6.09. The number of aryl methyl sites for hydroxylation is 1. The highest BCUT2D eigenvalue weighted by Crippen LogP contribution is 2.32. The van der Waals surface area contributed by atoms with Gasteiger partial charge in [0.05, 0.1) is 68.1 Å². The summed E-state index contributed by atoms with van der Waals surface area (Å²) in [7, 11) is 1.72. The second-order valence-electron chi connectivity index (χ2n) is 15.8. The van der Waals surface area contributed by atoms with Gasteiger partial charge in [0, 0.05) is 57.4 Å². The average Bonchev–Trinajstić information content (AvgIpc) is 3.84. The van der Waals surface area contributed by atoms with Crippen molar-refractivity contribution in [3.63, 3.8) is 0 Å². The zero-order valence-electron chi connectivity index (χ0n) is 36.9. The summed E-state index contributed by atoms with van der Waals surface area (Å²) >= 11 is 0. The van der Waals surface area contributed by atoms with Gasteiger partial charge in [0.25, 0.3) is 11.5 Å². The Bertz CT molecular complexity index is 2520. The van der Waals surface area contributed by atoms with Crippen LogP contribution in [0.25, 0.3) is 11.0 Å². The summed E-state index contributed by atoms with van der Waals surface area (Å²) in [5.74, 6) is 0.632. The molecule has 0 bridgehead atoms. The number of ketones is 1. The van der Waals surface area contributed by atoms with Crippen LogP contribution < -0.4 is 37.0 Å². The SMILES string of the molecule is CNc1ccc(NC(=O)c2ccccc2NC(=O)CCOCCOCCNC(=O)CN2CCN(c3ccc(Nc4ncc5c(C)c(C(C)=O)c(=O)n(C6CCCC6)c5n4)nc3)CC2)nn1. The highest BCUT2D eigenvalue weighted by Gasteiger charge is 2.26. The van der Waals surface area contributed by atoms with Crippen molar-refractivity contribution in [1.82, 2.24) is 39.9 Å². The number of hydrogen-bond donors (Lipinski definition) is 5. The highest BCUT2D eigenvalue weighted by atomic mass is 16.5. The smallest absolute Gasteiger partial charge is 0.263 e. The maximum absolute atomic E-state index is 13.6. The number of aromatic nitrogens is 6. The number of benzene rings is 1. The normalized spacial score (nSPS) is 14.3. The Balaban J connectivity index is 0.761. The maximum Gasteiger partial charge on any atom is 0.263 e. The van der Waals surface area contributed by atoms with Gasteiger partial charge in [-0.2, -0.15) is 4.98 Å². The van der Waals surface area contributed by atoms with Crippen LogP contribution in [0.15, 0.2) is 65.7 Å². The molecular weight excluding hydrogens is 835 g/mol. The first kappa shape index (κ1) is 46.1. The molecule has 342 valence electrons. The van der Waals surface area contributed by atoms with Crippen molar-refractivity contribution < 1.29 is 28.7 Å². The Hall–Kier alpha value is -6.90. The number of ether oxygens (including phenoxy) is 2. The molecule has 5 heterocycles. The minimum absolute atomic E-state index is 0.00858. The van der Waals surface area contributed by atoms with Gasteiger partial charge in [0.15, 0.2) is 11.6 Å². The third-order valence-corrected chi connectivity index (χ3v) is 11.4. The first-order valence-electron chi connectivity index (χ1n) is 21.8. The summed E-state index contributed by atoms with van der Waals surface area (Å²) in [5.41, 5.74) is 2.62. The number of rotatable bonds is 20. The van der Waals surface area contributed by atoms with Gasteiger partial charge in [0.2, 0.25) is 17.8 Å². The largest absolute Gasteiger partial charge is 0.379 e. The van der Waals surface area contributed by atoms with E-state index in [4.69, 9.17) is 14.5 Å². The predicted octanol–water partition coefficient (Wildman–Crippen LogP) is 3.94. The molecule has 0 spiro atoms. The number of pyridine rings is 2. The van der Waals surface area contributed by atoms with Gasteiger partial charge >= 0.3 is 0 Å². The van der Waals surface area contributed by atoms with Crippen LogP contribution in [0.2, 0.25) is 0 Å². The Kier molecular flexibility index (Phi) is 15.7. The third kappa shape index (κ3) is 12.0. The number of hydrogen-bond acceptors (Lipinski definition) is 16. The molecule has 2 aliphatic rings. The van der Waals surface area contributed by atoms with E-state index in [1.54, 1.807) is 67.3 Å². The van der Waals surface area contributed by atoms with Crippen LogP contribution >= 0.6 is 0 Å². The topological polar surface area (TPSA) is 240 Å². The number of piperazine rings is 1. The van der Waals surface area contributed by atoms with Crippen molar-refractivity contribution in [1.29, 1.82) is 0 Å². The zero-order valence-corrected chi connectivity index (χ0v) is 36.9. The Morgan fingerprint density at radius 1 is 0.800 bits per heavy atom. The standard InChI is InChI=1S/C45H55N13O7/c1-29-34-27-49-45(53-42(34)58(31-8-4-5-9-31)44(63)41(29)30(2)59)52-37-13-12-32(26-48-37)57-20-18-56(19-21-57)28-40(61)47-17-23-65-25-24-64-22-16-39(60)50-35-11-7-6-10-33(35)43(62)51-38-15-14-36(46-3)54-55-38/h6-7,10-15,26-27,31H,4-5,8-9,16-25,28H2,1-3H3,(H,46,54)(H,47,61)(H,50,60)(H,51,55,62)(H,48,49,52,53). The molecule has 1 aliphatic carbocycles. The van der Waals surface area contributed by atoms with Crippen molar-refractivity contribution >= 4 is 69.3 Å². The van der Waals surface area contributed by atoms with Gasteiger partial charge in [0.1, 0.15) is 17.3 Å². The Labute approximate surface area is 375 Å². The van der Waals surface area contributed by atoms with Crippen LogP contribution in [0.3, 0.4) is 0 Å². The third-order valence-electron chi connectivity index (χ3n) is 11.4. The minimum atomic E-state index is -0.435. The van der Waals surface area contributed by atoms with Crippen molar-refractivity contribution in [2.24, 2.45) is 0 Å². The van der Waals surface area contributed by atoms with Crippen molar-refractivity contribution in [2.45, 2.75) is 52.0 Å². The van der Waals surface area contributed by atoms with Crippen LogP contribution in [0.1, 0.15) is 71.3 Å². The van der Waals surface area contributed by atoms with Gasteiger partial charge in [-0.3, -0.25) is 33.4 Å². The van der Waals surface area contributed by atoms with Crippen molar-refractivity contribution in [3.8, 4) is 0 Å². The van der Waals surface area contributed by atoms with E-state index in [0.29, 0.717) is 72.7 Å². The van der Waals surface area contributed by atoms with Crippen LogP contribution in [0, 0.1) is 6.92 Å². The second-order valence-corrected chi connectivity index (χ2v) is 15.8. The number of nitrogens with one attached hydrogen (secondary N) is 5.